The molecule has 0 aliphatic heterocycles. The molecule has 0 heterocycles. The Kier molecular flexibility index (Phi) is 5.99. The van der Waals surface area contributed by atoms with Crippen molar-refractivity contribution in [3.63, 3.8) is 0 Å². The minimum atomic E-state index is -0.567. The van der Waals surface area contributed by atoms with Gasteiger partial charge >= 0.3 is 0 Å². The van der Waals surface area contributed by atoms with E-state index in [0.717, 1.165) is 5.56 Å². The van der Waals surface area contributed by atoms with Crippen molar-refractivity contribution in [1.29, 1.82) is 0 Å². The zero-order valence-corrected chi connectivity index (χ0v) is 9.93. The molecule has 4 heteroatoms. The Labute approximate surface area is 101 Å². The fourth-order valence-electron chi connectivity index (χ4n) is 1.45. The van der Waals surface area contributed by atoms with Crippen LogP contribution in [0.15, 0.2) is 42.5 Å². The molecule has 1 atom stereocenters. The molecule has 0 aliphatic rings. The minimum Gasteiger partial charge on any atom is -0.367 e. The molecular formula is C13H18N2O2. The van der Waals surface area contributed by atoms with Crippen molar-refractivity contribution >= 4 is 5.91 Å². The maximum absolute atomic E-state index is 11.8. The van der Waals surface area contributed by atoms with Crippen LogP contribution in [0.4, 0.5) is 0 Å². The number of hydrogen-bond donors (Lipinski definition) is 2. The van der Waals surface area contributed by atoms with Gasteiger partial charge in [-0.05, 0) is 5.56 Å². The highest BCUT2D eigenvalue weighted by Crippen LogP contribution is 2.15. The molecule has 1 unspecified atom stereocenters. The lowest BCUT2D eigenvalue weighted by atomic mass is 10.1. The van der Waals surface area contributed by atoms with Crippen LogP contribution in [0.5, 0.6) is 0 Å². The van der Waals surface area contributed by atoms with Gasteiger partial charge in [-0.2, -0.15) is 0 Å². The molecule has 0 saturated carbocycles. The highest BCUT2D eigenvalue weighted by molar-refractivity contribution is 5.82. The van der Waals surface area contributed by atoms with E-state index in [9.17, 15) is 4.79 Å². The van der Waals surface area contributed by atoms with Gasteiger partial charge in [0.05, 0.1) is 0 Å². The summed E-state index contributed by atoms with van der Waals surface area (Å²) in [5, 5.41) is 2.76. The molecular weight excluding hydrogens is 216 g/mol. The quantitative estimate of drug-likeness (QED) is 0.722. The highest BCUT2D eigenvalue weighted by Gasteiger charge is 2.18. The molecule has 0 aromatic heterocycles. The fraction of sp³-hybridized carbons (Fsp3) is 0.308. The molecule has 1 aromatic carbocycles. The lowest BCUT2D eigenvalue weighted by Gasteiger charge is -2.14. The van der Waals surface area contributed by atoms with Gasteiger partial charge in [0, 0.05) is 20.2 Å². The number of carbonyl (C=O) groups is 1. The van der Waals surface area contributed by atoms with Crippen LogP contribution >= 0.6 is 0 Å². The smallest absolute Gasteiger partial charge is 0.253 e. The third-order valence-electron chi connectivity index (χ3n) is 2.27. The van der Waals surface area contributed by atoms with Gasteiger partial charge in [-0.15, -0.1) is 0 Å². The topological polar surface area (TPSA) is 64.3 Å². The van der Waals surface area contributed by atoms with Crippen LogP contribution in [0.25, 0.3) is 0 Å². The standard InChI is InChI=1S/C13H18N2O2/c1-17-12(11-7-3-2-4-8-11)13(16)15-10-6-5-9-14/h2-8,12H,9-10,14H2,1H3,(H,15,16)/b6-5+. The van der Waals surface area contributed by atoms with Crippen molar-refractivity contribution in [2.45, 2.75) is 6.10 Å². The Balaban J connectivity index is 2.56. The number of ether oxygens (including phenoxy) is 1. The Morgan fingerprint density at radius 3 is 2.71 bits per heavy atom. The molecule has 0 radical (unpaired) electrons. The molecule has 0 bridgehead atoms. The lowest BCUT2D eigenvalue weighted by molar-refractivity contribution is -0.131. The fourth-order valence-corrected chi connectivity index (χ4v) is 1.45. The van der Waals surface area contributed by atoms with E-state index in [0.29, 0.717) is 13.1 Å². The molecule has 0 fully saturated rings. The van der Waals surface area contributed by atoms with Crippen LogP contribution in [0, 0.1) is 0 Å². The Hall–Kier alpha value is -1.65. The first-order valence-electron chi connectivity index (χ1n) is 5.50. The summed E-state index contributed by atoms with van der Waals surface area (Å²) in [6, 6.07) is 9.39. The van der Waals surface area contributed by atoms with E-state index >= 15 is 0 Å². The van der Waals surface area contributed by atoms with Crippen molar-refractivity contribution in [3.05, 3.63) is 48.0 Å². The molecule has 4 nitrogen and oxygen atoms in total. The summed E-state index contributed by atoms with van der Waals surface area (Å²) in [5.41, 5.74) is 6.14. The third kappa shape index (κ3) is 4.38. The number of hydrogen-bond acceptors (Lipinski definition) is 3. The molecule has 1 aromatic rings. The third-order valence-corrected chi connectivity index (χ3v) is 2.27. The average molecular weight is 234 g/mol. The second-order valence-corrected chi connectivity index (χ2v) is 3.48. The summed E-state index contributed by atoms with van der Waals surface area (Å²) < 4.78 is 5.19. The molecule has 0 spiro atoms. The van der Waals surface area contributed by atoms with Gasteiger partial charge in [0.1, 0.15) is 0 Å². The molecule has 1 amide bonds. The first-order chi connectivity index (χ1) is 8.29. The average Bonchev–Trinajstić information content (AvgIpc) is 2.37. The van der Waals surface area contributed by atoms with Crippen molar-refractivity contribution in [2.24, 2.45) is 5.73 Å². The zero-order chi connectivity index (χ0) is 12.5. The second-order valence-electron chi connectivity index (χ2n) is 3.48. The molecule has 0 saturated heterocycles. The largest absolute Gasteiger partial charge is 0.367 e. The van der Waals surface area contributed by atoms with Gasteiger partial charge in [-0.1, -0.05) is 42.5 Å². The summed E-state index contributed by atoms with van der Waals surface area (Å²) >= 11 is 0. The van der Waals surface area contributed by atoms with E-state index in [-0.39, 0.29) is 5.91 Å². The van der Waals surface area contributed by atoms with Crippen LogP contribution in [0.1, 0.15) is 11.7 Å². The summed E-state index contributed by atoms with van der Waals surface area (Å²) in [4.78, 5) is 11.8. The van der Waals surface area contributed by atoms with Gasteiger partial charge in [-0.3, -0.25) is 4.79 Å². The summed E-state index contributed by atoms with van der Waals surface area (Å²) in [6.07, 6.45) is 3.04. The zero-order valence-electron chi connectivity index (χ0n) is 9.93. The second kappa shape index (κ2) is 7.60. The van der Waals surface area contributed by atoms with E-state index < -0.39 is 6.10 Å². The van der Waals surface area contributed by atoms with Crippen LogP contribution < -0.4 is 11.1 Å². The summed E-state index contributed by atoms with van der Waals surface area (Å²) in [5.74, 6) is -0.152. The van der Waals surface area contributed by atoms with Gasteiger partial charge in [0.25, 0.3) is 5.91 Å². The normalized spacial score (nSPS) is 12.6. The predicted octanol–water partition coefficient (Wildman–Crippen LogP) is 1.01. The first kappa shape index (κ1) is 13.4. The SMILES string of the molecule is COC(C(=O)NC/C=C/CN)c1ccccc1. The number of carbonyl (C=O) groups excluding carboxylic acids is 1. The van der Waals surface area contributed by atoms with Gasteiger partial charge in [0.15, 0.2) is 6.10 Å². The molecule has 1 rings (SSSR count). The first-order valence-corrected chi connectivity index (χ1v) is 5.50. The van der Waals surface area contributed by atoms with E-state index in [1.54, 1.807) is 6.08 Å². The highest BCUT2D eigenvalue weighted by atomic mass is 16.5. The van der Waals surface area contributed by atoms with E-state index in [2.05, 4.69) is 5.32 Å². The van der Waals surface area contributed by atoms with E-state index in [4.69, 9.17) is 10.5 Å². The maximum Gasteiger partial charge on any atom is 0.253 e. The summed E-state index contributed by atoms with van der Waals surface area (Å²) in [6.45, 7) is 0.936. The predicted molar refractivity (Wildman–Crippen MR) is 67.4 cm³/mol. The Morgan fingerprint density at radius 1 is 1.41 bits per heavy atom. The van der Waals surface area contributed by atoms with Crippen LogP contribution in [-0.4, -0.2) is 26.1 Å². The van der Waals surface area contributed by atoms with Gasteiger partial charge in [-0.25, -0.2) is 0 Å². The molecule has 92 valence electrons. The van der Waals surface area contributed by atoms with E-state index in [1.165, 1.54) is 7.11 Å². The summed E-state index contributed by atoms with van der Waals surface area (Å²) in [7, 11) is 1.52. The number of methoxy groups -OCH3 is 1. The van der Waals surface area contributed by atoms with Crippen LogP contribution in [-0.2, 0) is 9.53 Å². The Bertz CT molecular complexity index is 363. The van der Waals surface area contributed by atoms with Crippen molar-refractivity contribution < 1.29 is 9.53 Å². The molecule has 0 aliphatic carbocycles. The van der Waals surface area contributed by atoms with Crippen molar-refractivity contribution in [3.8, 4) is 0 Å². The minimum absolute atomic E-state index is 0.152. The molecule has 17 heavy (non-hydrogen) atoms. The monoisotopic (exact) mass is 234 g/mol. The van der Waals surface area contributed by atoms with Gasteiger partial charge in [0.2, 0.25) is 0 Å². The lowest BCUT2D eigenvalue weighted by Crippen LogP contribution is -2.30. The van der Waals surface area contributed by atoms with E-state index in [1.807, 2.05) is 36.4 Å². The number of nitrogens with one attached hydrogen (secondary N) is 1. The maximum atomic E-state index is 11.8. The number of nitrogens with two attached hydrogens (primary N) is 1. The molecule has 3 N–H and O–H groups in total. The van der Waals surface area contributed by atoms with Gasteiger partial charge < -0.3 is 15.8 Å². The van der Waals surface area contributed by atoms with Crippen molar-refractivity contribution in [2.75, 3.05) is 20.2 Å². The number of benzene rings is 1. The Morgan fingerprint density at radius 2 is 2.12 bits per heavy atom. The van der Waals surface area contributed by atoms with Crippen LogP contribution in [0.2, 0.25) is 0 Å². The number of amides is 1. The number of rotatable bonds is 6. The van der Waals surface area contributed by atoms with Crippen LogP contribution in [0.3, 0.4) is 0 Å². The van der Waals surface area contributed by atoms with Crippen molar-refractivity contribution in [1.82, 2.24) is 5.32 Å².